The number of fused-ring (bicyclic) bond motifs is 2. The minimum atomic E-state index is -3.37. The summed E-state index contributed by atoms with van der Waals surface area (Å²) in [6.45, 7) is 15.4. The Morgan fingerprint density at radius 3 is 1.18 bits per heavy atom. The molecule has 0 bridgehead atoms. The molecule has 0 nitrogen and oxygen atoms in total. The van der Waals surface area contributed by atoms with E-state index in [1.54, 1.807) is 75.0 Å². The summed E-state index contributed by atoms with van der Waals surface area (Å²) in [6, 6.07) is 41.4. The van der Waals surface area contributed by atoms with E-state index in [2.05, 4.69) is 151 Å². The number of rotatable bonds is 18. The molecule has 1 aliphatic heterocycles. The van der Waals surface area contributed by atoms with Gasteiger partial charge < -0.3 is 0 Å². The minimum absolute atomic E-state index is 0.789. The van der Waals surface area contributed by atoms with E-state index in [4.69, 9.17) is 0 Å². The first-order chi connectivity index (χ1) is 26.9. The van der Waals surface area contributed by atoms with E-state index in [1.165, 1.54) is 73.6 Å². The first kappa shape index (κ1) is 41.5. The molecule has 290 valence electrons. The molecule has 0 saturated carbocycles. The second-order valence-electron chi connectivity index (χ2n) is 18.0. The van der Waals surface area contributed by atoms with Gasteiger partial charge in [0, 0.05) is 0 Å². The fraction of sp³-hybridized carbons (Fsp3) is 0.462. The Balaban J connectivity index is 1.52. The van der Waals surface area contributed by atoms with E-state index in [1.807, 2.05) is 0 Å². The third kappa shape index (κ3) is 7.45. The van der Waals surface area contributed by atoms with Crippen LogP contribution < -0.4 is 0 Å². The van der Waals surface area contributed by atoms with E-state index in [0.29, 0.717) is 0 Å². The van der Waals surface area contributed by atoms with E-state index in [0.717, 1.165) is 7.35 Å². The van der Waals surface area contributed by atoms with Gasteiger partial charge in [-0.3, -0.25) is 0 Å². The van der Waals surface area contributed by atoms with Crippen molar-refractivity contribution in [1.29, 1.82) is 0 Å². The van der Waals surface area contributed by atoms with Crippen molar-refractivity contribution in [3.8, 4) is 22.3 Å². The molecule has 1 heterocycles. The first-order valence-corrected chi connectivity index (χ1v) is 50.1. The van der Waals surface area contributed by atoms with Gasteiger partial charge in [-0.05, 0) is 0 Å². The molecule has 4 aromatic carbocycles. The first-order valence-electron chi connectivity index (χ1n) is 22.6. The topological polar surface area (TPSA) is 0 Å². The molecule has 3 aliphatic rings. The van der Waals surface area contributed by atoms with Gasteiger partial charge in [0.25, 0.3) is 0 Å². The van der Waals surface area contributed by atoms with Gasteiger partial charge in [-0.15, -0.1) is 0 Å². The third-order valence-electron chi connectivity index (χ3n) is 15.1. The van der Waals surface area contributed by atoms with Crippen LogP contribution in [0.25, 0.3) is 34.4 Å². The van der Waals surface area contributed by atoms with Crippen LogP contribution in [0, 0.1) is 0 Å². The summed E-state index contributed by atoms with van der Waals surface area (Å²) in [5, 5.41) is 0. The molecule has 0 amide bonds. The van der Waals surface area contributed by atoms with Crippen molar-refractivity contribution in [2.24, 2.45) is 0 Å². The molecule has 55 heavy (non-hydrogen) atoms. The Bertz CT molecular complexity index is 1800. The second-order valence-corrected chi connectivity index (χ2v) is 105. The Morgan fingerprint density at radius 1 is 0.473 bits per heavy atom. The molecule has 3 heteroatoms. The van der Waals surface area contributed by atoms with Gasteiger partial charge >= 0.3 is 347 Å². The standard InChI is InChI=1S/2C16H13.C4H8Si.4C4H9.2Hf/c2*1-12-10-14-8-5-9-15(16(14)11-12)13-6-3-2-4-7-13;1-2-4-5-3-1;4*1-3-4-2;;/h2*2-11H,1H3;1-4H2;4*1,3-4H2,2H3;;. The van der Waals surface area contributed by atoms with Crippen LogP contribution in [0.3, 0.4) is 0 Å². The van der Waals surface area contributed by atoms with Crippen LogP contribution in [0.1, 0.15) is 135 Å². The zero-order chi connectivity index (χ0) is 38.5. The Hall–Kier alpha value is -1.68. The average molecular weight is 1080 g/mol. The van der Waals surface area contributed by atoms with Crippen LogP contribution in [-0.2, 0) is 38.3 Å². The second kappa shape index (κ2) is 18.5. The molecule has 2 aliphatic carbocycles. The van der Waals surface area contributed by atoms with Crippen LogP contribution in [0.15, 0.2) is 108 Å². The number of benzene rings is 4. The quantitative estimate of drug-likeness (QED) is 0.0871. The van der Waals surface area contributed by atoms with E-state index in [9.17, 15) is 0 Å². The summed E-state index contributed by atoms with van der Waals surface area (Å²) < 4.78 is 6.55. The number of hydrogen-bond acceptors (Lipinski definition) is 0. The molecule has 2 atom stereocenters. The molecule has 0 radical (unpaired) electrons. The van der Waals surface area contributed by atoms with Gasteiger partial charge in [-0.1, -0.05) is 0 Å². The Morgan fingerprint density at radius 2 is 0.836 bits per heavy atom. The molecule has 1 saturated heterocycles. The summed E-state index contributed by atoms with van der Waals surface area (Å²) >= 11 is -6.74. The van der Waals surface area contributed by atoms with Crippen LogP contribution in [0.4, 0.5) is 0 Å². The molecule has 1 fully saturated rings. The van der Waals surface area contributed by atoms with Gasteiger partial charge in [0.15, 0.2) is 0 Å². The third-order valence-corrected chi connectivity index (χ3v) is 205. The molecular formula is C52H70Hf2Si. The Kier molecular flexibility index (Phi) is 13.9. The summed E-state index contributed by atoms with van der Waals surface area (Å²) in [5.41, 5.74) is 16.2. The van der Waals surface area contributed by atoms with E-state index < -0.39 is 40.7 Å². The van der Waals surface area contributed by atoms with E-state index >= 15 is 0 Å². The normalized spacial score (nSPS) is 18.9. The fourth-order valence-corrected chi connectivity index (χ4v) is 296. The van der Waals surface area contributed by atoms with Crippen LogP contribution in [0.2, 0.25) is 28.8 Å². The van der Waals surface area contributed by atoms with Crippen molar-refractivity contribution in [3.05, 3.63) is 130 Å². The van der Waals surface area contributed by atoms with Crippen molar-refractivity contribution in [1.82, 2.24) is 0 Å². The zero-order valence-electron chi connectivity index (χ0n) is 35.4. The van der Waals surface area contributed by atoms with Gasteiger partial charge in [-0.2, -0.15) is 0 Å². The maximum atomic E-state index is 2.75. The van der Waals surface area contributed by atoms with Crippen LogP contribution in [0.5, 0.6) is 0 Å². The predicted molar refractivity (Wildman–Crippen MR) is 240 cm³/mol. The monoisotopic (exact) mass is 1080 g/mol. The number of allylic oxidation sites excluding steroid dienone is 2. The average Bonchev–Trinajstić information content (AvgIpc) is 3.95. The fourth-order valence-electron chi connectivity index (χ4n) is 13.1. The van der Waals surface area contributed by atoms with Gasteiger partial charge in [0.2, 0.25) is 0 Å². The molecule has 7 rings (SSSR count). The van der Waals surface area contributed by atoms with Crippen LogP contribution in [-0.4, -0.2) is 2.45 Å². The summed E-state index contributed by atoms with van der Waals surface area (Å²) in [5.74, 6) is 0. The molecule has 0 aromatic heterocycles. The van der Waals surface area contributed by atoms with Crippen molar-refractivity contribution in [2.45, 2.75) is 142 Å². The Labute approximate surface area is 344 Å². The van der Waals surface area contributed by atoms with Crippen molar-refractivity contribution in [2.75, 3.05) is 0 Å². The SMILES string of the molecule is CCC[CH2][Hf]([CH2]CCC)([CH]1C(C)=Cc2c(-c3ccccc3)cccc21)[Si]1([Hf]([CH2]CCC)([CH2]CCC)[CH]2C(C)=Cc3c(-c4ccccc4)cccc32)CCCC1. The molecular weight excluding hydrogens is 1010 g/mol. The van der Waals surface area contributed by atoms with Crippen molar-refractivity contribution >= 4 is 14.6 Å². The summed E-state index contributed by atoms with van der Waals surface area (Å²) in [7, 11) is 0. The van der Waals surface area contributed by atoms with Crippen molar-refractivity contribution < 1.29 is 38.3 Å². The van der Waals surface area contributed by atoms with Gasteiger partial charge in [0.05, 0.1) is 0 Å². The number of unbranched alkanes of at least 4 members (excludes halogenated alkanes) is 4. The predicted octanol–water partition coefficient (Wildman–Crippen LogP) is 17.1. The molecule has 2 unspecified atom stereocenters. The van der Waals surface area contributed by atoms with Gasteiger partial charge in [0.1, 0.15) is 0 Å². The summed E-state index contributed by atoms with van der Waals surface area (Å²) in [6.07, 6.45) is 20.0. The maximum absolute atomic E-state index is 3.37. The number of hydrogen-bond donors (Lipinski definition) is 0. The van der Waals surface area contributed by atoms with Crippen molar-refractivity contribution in [3.63, 3.8) is 0 Å². The molecule has 0 N–H and O–H groups in total. The molecule has 0 spiro atoms. The van der Waals surface area contributed by atoms with Crippen LogP contribution >= 0.6 is 0 Å². The van der Waals surface area contributed by atoms with Gasteiger partial charge in [-0.25, -0.2) is 0 Å². The molecule has 4 aromatic rings. The summed E-state index contributed by atoms with van der Waals surface area (Å²) in [4.78, 5) is 0. The zero-order valence-corrected chi connectivity index (χ0v) is 43.5. The van der Waals surface area contributed by atoms with E-state index in [-0.39, 0.29) is 0 Å².